The van der Waals surface area contributed by atoms with E-state index in [1.807, 2.05) is 12.3 Å². The van der Waals surface area contributed by atoms with E-state index in [9.17, 15) is 0 Å². The maximum atomic E-state index is 4.41. The van der Waals surface area contributed by atoms with E-state index < -0.39 is 0 Å². The number of rotatable bonds is 3. The lowest BCUT2D eigenvalue weighted by atomic mass is 10.1. The van der Waals surface area contributed by atoms with Crippen LogP contribution in [0.3, 0.4) is 0 Å². The van der Waals surface area contributed by atoms with Gasteiger partial charge in [-0.05, 0) is 51.8 Å². The molecule has 0 aliphatic heterocycles. The highest BCUT2D eigenvalue weighted by molar-refractivity contribution is 5.18. The molecule has 0 amide bonds. The van der Waals surface area contributed by atoms with E-state index in [-0.39, 0.29) is 5.54 Å². The van der Waals surface area contributed by atoms with Crippen molar-refractivity contribution < 1.29 is 0 Å². The second kappa shape index (κ2) is 3.93. The molecule has 1 aliphatic carbocycles. The molecule has 2 unspecified atom stereocenters. The summed E-state index contributed by atoms with van der Waals surface area (Å²) in [5.74, 6) is 1.49. The van der Waals surface area contributed by atoms with Gasteiger partial charge in [0.2, 0.25) is 0 Å². The molecule has 1 heterocycles. The summed E-state index contributed by atoms with van der Waals surface area (Å²) in [6, 6.07) is 6.20. The number of nitrogens with zero attached hydrogens (tertiary/aromatic N) is 1. The fourth-order valence-electron chi connectivity index (χ4n) is 1.87. The zero-order valence-corrected chi connectivity index (χ0v) is 9.83. The van der Waals surface area contributed by atoms with Gasteiger partial charge in [-0.3, -0.25) is 4.98 Å². The monoisotopic (exact) mass is 204 g/mol. The molecule has 0 spiro atoms. The van der Waals surface area contributed by atoms with Crippen LogP contribution in [0.15, 0.2) is 24.4 Å². The largest absolute Gasteiger partial charge is 0.312 e. The Labute approximate surface area is 92.1 Å². The van der Waals surface area contributed by atoms with Gasteiger partial charge in [0.25, 0.3) is 0 Å². The second-order valence-electron chi connectivity index (χ2n) is 5.49. The lowest BCUT2D eigenvalue weighted by Gasteiger charge is -2.20. The number of hydrogen-bond donors (Lipinski definition) is 1. The van der Waals surface area contributed by atoms with Crippen LogP contribution in [-0.4, -0.2) is 17.1 Å². The zero-order chi connectivity index (χ0) is 10.9. The summed E-state index contributed by atoms with van der Waals surface area (Å²) in [5, 5.41) is 3.56. The van der Waals surface area contributed by atoms with E-state index in [2.05, 4.69) is 43.2 Å². The zero-order valence-electron chi connectivity index (χ0n) is 9.83. The summed E-state index contributed by atoms with van der Waals surface area (Å²) in [6.07, 6.45) is 3.18. The van der Waals surface area contributed by atoms with Crippen molar-refractivity contribution in [1.82, 2.24) is 10.3 Å². The number of nitrogens with one attached hydrogen (secondary N) is 1. The molecule has 2 heteroatoms. The highest BCUT2D eigenvalue weighted by atomic mass is 15.0. The second-order valence-corrected chi connectivity index (χ2v) is 5.49. The molecule has 2 nitrogen and oxygen atoms in total. The standard InChI is InChI=1S/C13H20N2/c1-13(2,3)15-9-10-8-11(10)12-6-4-5-7-14-12/h4-7,10-11,15H,8-9H2,1-3H3. The Balaban J connectivity index is 1.82. The molecule has 1 N–H and O–H groups in total. The van der Waals surface area contributed by atoms with Gasteiger partial charge in [0.1, 0.15) is 0 Å². The molecule has 2 rings (SSSR count). The fraction of sp³-hybridized carbons (Fsp3) is 0.615. The molecule has 1 fully saturated rings. The summed E-state index contributed by atoms with van der Waals surface area (Å²) in [5.41, 5.74) is 1.50. The number of pyridine rings is 1. The Kier molecular flexibility index (Phi) is 2.79. The molecule has 2 atom stereocenters. The average Bonchev–Trinajstić information content (AvgIpc) is 2.94. The first-order chi connectivity index (χ1) is 7.06. The molecule has 0 saturated heterocycles. The van der Waals surface area contributed by atoms with Crippen molar-refractivity contribution in [3.63, 3.8) is 0 Å². The van der Waals surface area contributed by atoms with Gasteiger partial charge in [0, 0.05) is 23.3 Å². The van der Waals surface area contributed by atoms with Gasteiger partial charge in [-0.1, -0.05) is 6.07 Å². The van der Waals surface area contributed by atoms with Crippen molar-refractivity contribution in [3.8, 4) is 0 Å². The molecule has 0 bridgehead atoms. The first kappa shape index (κ1) is 10.6. The third-order valence-electron chi connectivity index (χ3n) is 2.88. The van der Waals surface area contributed by atoms with Crippen LogP contribution in [0.5, 0.6) is 0 Å². The summed E-state index contributed by atoms with van der Waals surface area (Å²) in [4.78, 5) is 4.41. The van der Waals surface area contributed by atoms with E-state index in [1.54, 1.807) is 0 Å². The Morgan fingerprint density at radius 1 is 1.40 bits per heavy atom. The van der Waals surface area contributed by atoms with Gasteiger partial charge in [0.15, 0.2) is 0 Å². The maximum Gasteiger partial charge on any atom is 0.0437 e. The van der Waals surface area contributed by atoms with Gasteiger partial charge >= 0.3 is 0 Å². The molecule has 1 aromatic heterocycles. The minimum absolute atomic E-state index is 0.233. The smallest absolute Gasteiger partial charge is 0.0437 e. The van der Waals surface area contributed by atoms with Crippen molar-refractivity contribution in [2.45, 2.75) is 38.6 Å². The van der Waals surface area contributed by atoms with Crippen molar-refractivity contribution in [3.05, 3.63) is 30.1 Å². The third-order valence-corrected chi connectivity index (χ3v) is 2.88. The van der Waals surface area contributed by atoms with Gasteiger partial charge in [-0.15, -0.1) is 0 Å². The van der Waals surface area contributed by atoms with Crippen molar-refractivity contribution in [2.24, 2.45) is 5.92 Å². The van der Waals surface area contributed by atoms with Gasteiger partial charge < -0.3 is 5.32 Å². The number of aromatic nitrogens is 1. The summed E-state index contributed by atoms with van der Waals surface area (Å²) < 4.78 is 0. The van der Waals surface area contributed by atoms with E-state index in [0.717, 1.165) is 12.5 Å². The van der Waals surface area contributed by atoms with Crippen LogP contribution >= 0.6 is 0 Å². The predicted octanol–water partition coefficient (Wildman–Crippen LogP) is 2.57. The molecule has 1 saturated carbocycles. The Hall–Kier alpha value is -0.890. The minimum Gasteiger partial charge on any atom is -0.312 e. The summed E-state index contributed by atoms with van der Waals surface area (Å²) >= 11 is 0. The van der Waals surface area contributed by atoms with Crippen LogP contribution in [0.1, 0.15) is 38.8 Å². The highest BCUT2D eigenvalue weighted by Crippen LogP contribution is 2.46. The lowest BCUT2D eigenvalue weighted by molar-refractivity contribution is 0.414. The van der Waals surface area contributed by atoms with Crippen LogP contribution in [0.25, 0.3) is 0 Å². The van der Waals surface area contributed by atoms with Crippen LogP contribution in [0.4, 0.5) is 0 Å². The molecule has 0 radical (unpaired) electrons. The minimum atomic E-state index is 0.233. The Morgan fingerprint density at radius 3 is 2.80 bits per heavy atom. The van der Waals surface area contributed by atoms with E-state index >= 15 is 0 Å². The topological polar surface area (TPSA) is 24.9 Å². The van der Waals surface area contributed by atoms with Gasteiger partial charge in [-0.2, -0.15) is 0 Å². The summed E-state index contributed by atoms with van der Waals surface area (Å²) in [7, 11) is 0. The SMILES string of the molecule is CC(C)(C)NCC1CC1c1ccccn1. The van der Waals surface area contributed by atoms with E-state index in [1.165, 1.54) is 12.1 Å². The van der Waals surface area contributed by atoms with Crippen LogP contribution in [0, 0.1) is 5.92 Å². The maximum absolute atomic E-state index is 4.41. The molecular weight excluding hydrogens is 184 g/mol. The van der Waals surface area contributed by atoms with Gasteiger partial charge in [0.05, 0.1) is 0 Å². The van der Waals surface area contributed by atoms with Crippen LogP contribution < -0.4 is 5.32 Å². The van der Waals surface area contributed by atoms with Gasteiger partial charge in [-0.25, -0.2) is 0 Å². The molecule has 15 heavy (non-hydrogen) atoms. The summed E-state index contributed by atoms with van der Waals surface area (Å²) in [6.45, 7) is 7.76. The average molecular weight is 204 g/mol. The molecule has 1 aliphatic rings. The Morgan fingerprint density at radius 2 is 2.20 bits per heavy atom. The first-order valence-electron chi connectivity index (χ1n) is 5.72. The van der Waals surface area contributed by atoms with Crippen molar-refractivity contribution in [2.75, 3.05) is 6.54 Å². The fourth-order valence-corrected chi connectivity index (χ4v) is 1.87. The quantitative estimate of drug-likeness (QED) is 0.818. The lowest BCUT2D eigenvalue weighted by Crippen LogP contribution is -2.37. The van der Waals surface area contributed by atoms with Crippen LogP contribution in [-0.2, 0) is 0 Å². The molecule has 1 aromatic rings. The van der Waals surface area contributed by atoms with E-state index in [0.29, 0.717) is 5.92 Å². The first-order valence-corrected chi connectivity index (χ1v) is 5.72. The molecule has 0 aromatic carbocycles. The molecule has 82 valence electrons. The van der Waals surface area contributed by atoms with E-state index in [4.69, 9.17) is 0 Å². The van der Waals surface area contributed by atoms with Crippen LogP contribution in [0.2, 0.25) is 0 Å². The predicted molar refractivity (Wildman–Crippen MR) is 62.8 cm³/mol. The highest BCUT2D eigenvalue weighted by Gasteiger charge is 2.39. The molecular formula is C13H20N2. The Bertz CT molecular complexity index is 313. The van der Waals surface area contributed by atoms with Crippen molar-refractivity contribution >= 4 is 0 Å². The normalized spacial score (nSPS) is 25.3. The third kappa shape index (κ3) is 3.03. The van der Waals surface area contributed by atoms with Crippen molar-refractivity contribution in [1.29, 1.82) is 0 Å². The number of hydrogen-bond acceptors (Lipinski definition) is 2.